The highest BCUT2D eigenvalue weighted by Crippen LogP contribution is 2.28. The lowest BCUT2D eigenvalue weighted by Gasteiger charge is -2.14. The van der Waals surface area contributed by atoms with Crippen LogP contribution in [0.4, 0.5) is 46.5 Å². The molecule has 0 unspecified atom stereocenters. The van der Waals surface area contributed by atoms with Gasteiger partial charge in [-0.2, -0.15) is 0 Å². The predicted molar refractivity (Wildman–Crippen MR) is 471 cm³/mol. The molecule has 632 valence electrons. The number of aromatic nitrogens is 4. The van der Waals surface area contributed by atoms with Crippen LogP contribution in [-0.4, -0.2) is 87.0 Å². The van der Waals surface area contributed by atoms with Gasteiger partial charge in [-0.05, 0) is 135 Å². The molecule has 0 saturated carbocycles. The number of hydrogen-bond donors (Lipinski definition) is 8. The minimum atomic E-state index is -0.646. The first-order valence-electron chi connectivity index (χ1n) is 43.8. The van der Waals surface area contributed by atoms with Gasteiger partial charge in [-0.3, -0.25) is 38.4 Å². The number of amides is 8. The molecule has 8 N–H and O–H groups in total. The van der Waals surface area contributed by atoms with Gasteiger partial charge < -0.3 is 56.7 Å². The molecular weight excluding hydrogens is 1470 g/mol. The lowest BCUT2D eigenvalue weighted by molar-refractivity contribution is -0.117. The first kappa shape index (κ1) is 93.6. The molecule has 0 aliphatic heterocycles. The summed E-state index contributed by atoms with van der Waals surface area (Å²) in [6.07, 6.45) is 42.0. The molecule has 23 nitrogen and oxygen atoms in total. The Bertz CT molecular complexity index is 3940. The molecule has 3 aromatic carbocycles. The van der Waals surface area contributed by atoms with Crippen molar-refractivity contribution in [3.8, 4) is 17.2 Å². The second-order valence-electron chi connectivity index (χ2n) is 30.4. The van der Waals surface area contributed by atoms with Crippen molar-refractivity contribution in [1.82, 2.24) is 19.9 Å². The van der Waals surface area contributed by atoms with Gasteiger partial charge in [0.1, 0.15) is 63.8 Å². The van der Waals surface area contributed by atoms with Gasteiger partial charge in [0, 0.05) is 46.2 Å². The molecule has 7 rings (SSSR count). The average molecular weight is 1600 g/mol. The fraction of sp³-hybridized carbons (Fsp3) is 0.511. The van der Waals surface area contributed by atoms with E-state index in [2.05, 4.69) is 97.1 Å². The molecule has 0 spiro atoms. The van der Waals surface area contributed by atoms with Crippen LogP contribution in [0.25, 0.3) is 0 Å². The number of rotatable bonds is 60. The molecule has 0 aliphatic rings. The number of hydrogen-bond acceptors (Lipinski definition) is 15. The Morgan fingerprint density at radius 2 is 0.393 bits per heavy atom. The van der Waals surface area contributed by atoms with Gasteiger partial charge in [0.2, 0.25) is 11.8 Å². The third-order valence-electron chi connectivity index (χ3n) is 20.1. The van der Waals surface area contributed by atoms with Crippen LogP contribution < -0.4 is 56.7 Å². The van der Waals surface area contributed by atoms with Crippen molar-refractivity contribution < 1.29 is 52.6 Å². The van der Waals surface area contributed by atoms with Crippen LogP contribution in [0.1, 0.15) is 354 Å². The first-order chi connectivity index (χ1) is 57.1. The van der Waals surface area contributed by atoms with Crippen LogP contribution in [0.3, 0.4) is 0 Å². The third kappa shape index (κ3) is 37.9. The van der Waals surface area contributed by atoms with E-state index < -0.39 is 35.4 Å². The zero-order chi connectivity index (χ0) is 83.3. The maximum atomic E-state index is 14.5. The lowest BCUT2D eigenvalue weighted by Crippen LogP contribution is -2.19. The number of unbranched alkanes of at least 4 members (excludes halogenated alkanes) is 33. The molecule has 23 heteroatoms. The van der Waals surface area contributed by atoms with Gasteiger partial charge in [0.05, 0.1) is 19.8 Å². The Morgan fingerprint density at radius 3 is 0.590 bits per heavy atom. The highest BCUT2D eigenvalue weighted by atomic mass is 16.5. The molecule has 4 aromatic heterocycles. The minimum absolute atomic E-state index is 0.0542. The molecule has 0 fully saturated rings. The van der Waals surface area contributed by atoms with Crippen LogP contribution in [-0.2, 0) is 9.59 Å². The second-order valence-corrected chi connectivity index (χ2v) is 30.4. The van der Waals surface area contributed by atoms with E-state index in [1.807, 2.05) is 0 Å². The molecule has 0 atom stereocenters. The molecule has 0 aliphatic carbocycles. The van der Waals surface area contributed by atoms with Gasteiger partial charge in [-0.25, -0.2) is 19.9 Å². The second kappa shape index (κ2) is 55.9. The number of nitrogens with zero attached hydrogens (tertiary/aromatic N) is 4. The Labute approximate surface area is 694 Å². The quantitative estimate of drug-likeness (QED) is 0.0164. The van der Waals surface area contributed by atoms with Crippen LogP contribution in [0.2, 0.25) is 0 Å². The summed E-state index contributed by atoms with van der Waals surface area (Å²) < 4.78 is 18.7. The SMILES string of the molecule is CCCCCCCCCCOc1cc(C(=O)Nc2cccc(NC(=O)CCCCCCCCC)n2)cc(C(=O)Nc2cccc(NC(=O)c3cc(OCCCCCCCCCC)cc(C(=O)Nc4cccc(NC(=O)c5cc(OCCCCCCCCCC)cc(C(=O)Nc6cccc(NC(=O)CCCCCCCCC)n6)c5)n4)c3)n2)c1. The topological polar surface area (TPSA) is 312 Å². The molecule has 7 aromatic rings. The average Bonchev–Trinajstić information content (AvgIpc) is 0.830. The van der Waals surface area contributed by atoms with E-state index in [1.165, 1.54) is 146 Å². The van der Waals surface area contributed by atoms with Crippen molar-refractivity contribution in [2.75, 3.05) is 62.4 Å². The summed E-state index contributed by atoms with van der Waals surface area (Å²) in [5.74, 6) is -1.86. The summed E-state index contributed by atoms with van der Waals surface area (Å²) in [7, 11) is 0. The van der Waals surface area contributed by atoms with E-state index in [4.69, 9.17) is 14.2 Å². The first-order valence-corrected chi connectivity index (χ1v) is 43.8. The summed E-state index contributed by atoms with van der Waals surface area (Å²) in [5, 5.41) is 22.6. The molecule has 117 heavy (non-hydrogen) atoms. The van der Waals surface area contributed by atoms with Gasteiger partial charge in [-0.15, -0.1) is 0 Å². The summed E-state index contributed by atoms with van der Waals surface area (Å²) in [5.41, 5.74) is 0.525. The smallest absolute Gasteiger partial charge is 0.256 e. The van der Waals surface area contributed by atoms with Crippen molar-refractivity contribution in [2.24, 2.45) is 0 Å². The van der Waals surface area contributed by atoms with Crippen molar-refractivity contribution in [3.05, 3.63) is 161 Å². The van der Waals surface area contributed by atoms with E-state index in [1.54, 1.807) is 97.1 Å². The number of anilines is 8. The molecule has 0 saturated heterocycles. The summed E-state index contributed by atoms with van der Waals surface area (Å²) >= 11 is 0. The Morgan fingerprint density at radius 1 is 0.222 bits per heavy atom. The maximum absolute atomic E-state index is 14.5. The number of pyridine rings is 4. The van der Waals surface area contributed by atoms with Gasteiger partial charge >= 0.3 is 0 Å². The fourth-order valence-corrected chi connectivity index (χ4v) is 13.4. The van der Waals surface area contributed by atoms with E-state index in [0.717, 1.165) is 128 Å². The number of nitrogens with one attached hydrogen (secondary N) is 8. The van der Waals surface area contributed by atoms with Crippen molar-refractivity contribution in [1.29, 1.82) is 0 Å². The van der Waals surface area contributed by atoms with Crippen molar-refractivity contribution in [2.45, 2.75) is 291 Å². The van der Waals surface area contributed by atoms with Crippen molar-refractivity contribution >= 4 is 93.8 Å². The van der Waals surface area contributed by atoms with E-state index in [9.17, 15) is 38.4 Å². The molecule has 0 bridgehead atoms. The monoisotopic (exact) mass is 1600 g/mol. The zero-order valence-corrected chi connectivity index (χ0v) is 70.3. The summed E-state index contributed by atoms with van der Waals surface area (Å²) in [6, 6.07) is 33.0. The highest BCUT2D eigenvalue weighted by Gasteiger charge is 2.22. The Kier molecular flexibility index (Phi) is 44.7. The van der Waals surface area contributed by atoms with Crippen LogP contribution in [0.15, 0.2) is 127 Å². The predicted octanol–water partition coefficient (Wildman–Crippen LogP) is 23.5. The highest BCUT2D eigenvalue weighted by molar-refractivity contribution is 6.12. The maximum Gasteiger partial charge on any atom is 0.256 e. The molecule has 4 heterocycles. The lowest BCUT2D eigenvalue weighted by atomic mass is 10.1. The number of carbonyl (C=O) groups excluding carboxylic acids is 8. The largest absolute Gasteiger partial charge is 0.494 e. The number of ether oxygens (including phenoxy) is 3. The van der Waals surface area contributed by atoms with Gasteiger partial charge in [-0.1, -0.05) is 271 Å². The van der Waals surface area contributed by atoms with E-state index in [0.29, 0.717) is 55.8 Å². The Balaban J connectivity index is 1.05. The Hall–Kier alpha value is -10.6. The molecular formula is C94H130N12O11. The summed E-state index contributed by atoms with van der Waals surface area (Å²) in [6.45, 7) is 12.0. The van der Waals surface area contributed by atoms with Gasteiger partial charge in [0.25, 0.3) is 35.4 Å². The minimum Gasteiger partial charge on any atom is -0.494 e. The number of carbonyl (C=O) groups is 8. The number of benzene rings is 3. The van der Waals surface area contributed by atoms with Crippen LogP contribution >= 0.6 is 0 Å². The third-order valence-corrected chi connectivity index (χ3v) is 20.1. The zero-order valence-electron chi connectivity index (χ0n) is 70.3. The molecule has 8 amide bonds. The van der Waals surface area contributed by atoms with Crippen LogP contribution in [0, 0.1) is 0 Å². The van der Waals surface area contributed by atoms with Crippen molar-refractivity contribution in [3.63, 3.8) is 0 Å². The normalized spacial score (nSPS) is 11.0. The van der Waals surface area contributed by atoms with E-state index >= 15 is 0 Å². The molecule has 0 radical (unpaired) electrons. The van der Waals surface area contributed by atoms with Gasteiger partial charge in [0.15, 0.2) is 0 Å². The summed E-state index contributed by atoms with van der Waals surface area (Å²) in [4.78, 5) is 130. The van der Waals surface area contributed by atoms with Crippen LogP contribution in [0.5, 0.6) is 17.2 Å². The van der Waals surface area contributed by atoms with E-state index in [-0.39, 0.29) is 85.9 Å². The fourth-order valence-electron chi connectivity index (χ4n) is 13.4. The standard InChI is InChI=1S/C94H130N12O11/c1-6-11-16-21-26-31-36-41-58-115-76-64-70(89(109)101-81-50-44-48-79(95-81)99-87(107)56-39-34-29-24-19-14-9-4)61-72(66-76)91(111)103-83-52-46-54-85(97-83)105-93(113)74-63-75(69-78(68-74)117-60-43-38-33-28-23-18-13-8-3)94(114)106-86-55-47-53-84(98-86)104-92(112)73-62-71(65-77(67-73)116-59-42-37-32-27-22-17-12-7-2)90(110)102-82-51-45-49-80(96-82)100-88(108)57-40-35-30-25-20-15-10-5/h44-55,61-69H,6-43,56-60H2,1-5H3,(H2,95,99,101,107,109)(H2,96,100,102,108,110)(H2,97,103,105,111,113)(H2,98,104,106,112,114).